The fourth-order valence-electron chi connectivity index (χ4n) is 0. The molecule has 0 aromatic carbocycles. The molecule has 0 rings (SSSR count). The van der Waals surface area contributed by atoms with E-state index >= 15 is 0 Å². The molecule has 0 saturated carbocycles. The molecule has 0 amide bonds. The number of hydrogen-bond acceptors (Lipinski definition) is 3. The van der Waals surface area contributed by atoms with Crippen LogP contribution in [-0.2, 0) is 3.83 Å². The molecule has 0 aromatic rings. The Morgan fingerprint density at radius 2 is 1.17 bits per heavy atom. The minimum atomic E-state index is -3.79. The van der Waals surface area contributed by atoms with Crippen molar-refractivity contribution in [1.82, 2.24) is 0 Å². The molecule has 0 aliphatic heterocycles. The molecule has 0 N–H and O–H groups in total. The van der Waals surface area contributed by atoms with Crippen LogP contribution in [-0.4, -0.2) is 14.5 Å². The molecule has 6 heavy (non-hydrogen) atoms. The van der Waals surface area contributed by atoms with E-state index < -0.39 is 14.5 Å². The Labute approximate surface area is 47.1 Å². The van der Waals surface area contributed by atoms with Crippen LogP contribution in [0.2, 0.25) is 0 Å². The molecule has 2 atom stereocenters. The third kappa shape index (κ3) is 70.9. The zero-order chi connectivity index (χ0) is 3.58. The first kappa shape index (κ1) is 15.7. The van der Waals surface area contributed by atoms with Crippen LogP contribution in [0.3, 0.4) is 0 Å². The van der Waals surface area contributed by atoms with Crippen LogP contribution in [0.25, 0.3) is 0 Å². The zero-order valence-corrected chi connectivity index (χ0v) is 9.35. The molecule has 0 saturated heterocycles. The average molecular weight is 197 g/mol. The molecule has 6 heteroatoms. The van der Waals surface area contributed by atoms with E-state index in [4.69, 9.17) is 12.2 Å². The van der Waals surface area contributed by atoms with Crippen molar-refractivity contribution in [1.29, 1.82) is 0 Å². The SMILES string of the molecule is O=[Se]([O-])[O-].[PH4+].[PH4+]. The second-order valence-electron chi connectivity index (χ2n) is 0.204. The quantitative estimate of drug-likeness (QED) is 0.302. The van der Waals surface area contributed by atoms with Gasteiger partial charge in [-0.1, -0.05) is 0 Å². The van der Waals surface area contributed by atoms with Gasteiger partial charge in [-0.2, -0.15) is 0 Å². The van der Waals surface area contributed by atoms with E-state index in [1.807, 2.05) is 0 Å². The van der Waals surface area contributed by atoms with Gasteiger partial charge in [0.2, 0.25) is 0 Å². The van der Waals surface area contributed by atoms with Crippen molar-refractivity contribution in [3.63, 3.8) is 0 Å². The van der Waals surface area contributed by atoms with Crippen LogP contribution < -0.4 is 8.38 Å². The van der Waals surface area contributed by atoms with Crippen LogP contribution in [0.15, 0.2) is 0 Å². The van der Waals surface area contributed by atoms with Gasteiger partial charge >= 0.3 is 26.7 Å². The van der Waals surface area contributed by atoms with Gasteiger partial charge in [0.15, 0.2) is 0 Å². The first-order valence-corrected chi connectivity index (χ1v) is 2.60. The van der Waals surface area contributed by atoms with Gasteiger partial charge in [-0.3, -0.25) is 0 Å². The molecule has 42 valence electrons. The van der Waals surface area contributed by atoms with Crippen molar-refractivity contribution in [2.24, 2.45) is 0 Å². The van der Waals surface area contributed by atoms with E-state index in [2.05, 4.69) is 0 Å². The molecule has 2 unspecified atom stereocenters. The van der Waals surface area contributed by atoms with Gasteiger partial charge in [0, 0.05) is 0 Å². The maximum absolute atomic E-state index is 8.54. The van der Waals surface area contributed by atoms with Crippen molar-refractivity contribution >= 4 is 34.3 Å². The Hall–Kier alpha value is 1.10. The average Bonchev–Trinajstić information content (AvgIpc) is 0.811. The third-order valence-electron chi connectivity index (χ3n) is 0. The molecule has 0 bridgehead atoms. The van der Waals surface area contributed by atoms with Crippen molar-refractivity contribution in [2.45, 2.75) is 0 Å². The summed E-state index contributed by atoms with van der Waals surface area (Å²) >= 11 is -3.79. The zero-order valence-electron chi connectivity index (χ0n) is 3.63. The first-order chi connectivity index (χ1) is 1.73. The summed E-state index contributed by atoms with van der Waals surface area (Å²) in [5.74, 6) is 0. The fraction of sp³-hybridized carbons (Fsp3) is 0. The molecule has 0 aliphatic carbocycles. The Bertz CT molecular complexity index is 31.8. The smallest absolute Gasteiger partial charge is 0.0395 e. The van der Waals surface area contributed by atoms with Crippen LogP contribution in [0, 0.1) is 0 Å². The summed E-state index contributed by atoms with van der Waals surface area (Å²) < 4.78 is 25.6. The summed E-state index contributed by atoms with van der Waals surface area (Å²) in [6, 6.07) is 0. The molecule has 0 aromatic heterocycles. The Balaban J connectivity index is -0.0000000450. The van der Waals surface area contributed by atoms with Crippen molar-refractivity contribution in [2.75, 3.05) is 0 Å². The van der Waals surface area contributed by atoms with Crippen LogP contribution >= 0.6 is 19.8 Å². The Kier molecular flexibility index (Phi) is 24.7. The predicted molar refractivity (Wildman–Crippen MR) is 31.4 cm³/mol. The maximum Gasteiger partial charge on any atom is -0.0395 e. The maximum atomic E-state index is 8.54. The van der Waals surface area contributed by atoms with E-state index in [1.165, 1.54) is 0 Å². The van der Waals surface area contributed by atoms with E-state index in [1.54, 1.807) is 0 Å². The van der Waals surface area contributed by atoms with Gasteiger partial charge in [0.05, 0.1) is 0 Å². The minimum absolute atomic E-state index is 0. The van der Waals surface area contributed by atoms with Gasteiger partial charge in [0.1, 0.15) is 0 Å². The van der Waals surface area contributed by atoms with Gasteiger partial charge in [-0.05, 0) is 19.8 Å². The van der Waals surface area contributed by atoms with E-state index in [9.17, 15) is 0 Å². The predicted octanol–water partition coefficient (Wildman–Crippen LogP) is -3.30. The summed E-state index contributed by atoms with van der Waals surface area (Å²) in [6.07, 6.45) is 0. The van der Waals surface area contributed by atoms with Gasteiger partial charge in [-0.25, -0.2) is 0 Å². The molecule has 0 radical (unpaired) electrons. The topological polar surface area (TPSA) is 63.2 Å². The molecule has 0 fully saturated rings. The van der Waals surface area contributed by atoms with Gasteiger partial charge < -0.3 is 0 Å². The van der Waals surface area contributed by atoms with E-state index in [0.717, 1.165) is 0 Å². The first-order valence-electron chi connectivity index (χ1n) is 0.500. The Morgan fingerprint density at radius 1 is 1.17 bits per heavy atom. The van der Waals surface area contributed by atoms with E-state index in [0.29, 0.717) is 0 Å². The largest absolute Gasteiger partial charge is 0.0395 e. The molecule has 0 aliphatic rings. The van der Waals surface area contributed by atoms with Crippen molar-refractivity contribution in [3.8, 4) is 0 Å². The molecule has 0 heterocycles. The van der Waals surface area contributed by atoms with Crippen LogP contribution in [0.1, 0.15) is 0 Å². The molecule has 3 nitrogen and oxygen atoms in total. The number of rotatable bonds is 0. The number of hydrogen-bond donors (Lipinski definition) is 0. The molecular formula is H8O3P2Se. The van der Waals surface area contributed by atoms with Crippen LogP contribution in [0.5, 0.6) is 0 Å². The minimum Gasteiger partial charge on any atom is -0.0395 e. The Morgan fingerprint density at radius 3 is 1.17 bits per heavy atom. The normalized spacial score (nSPS) is 5.83. The summed E-state index contributed by atoms with van der Waals surface area (Å²) in [5, 5.41) is 0. The summed E-state index contributed by atoms with van der Waals surface area (Å²) in [5.41, 5.74) is 0. The monoisotopic (exact) mass is 198 g/mol. The van der Waals surface area contributed by atoms with Crippen molar-refractivity contribution in [3.05, 3.63) is 0 Å². The standard InChI is InChI=1S/H2O3Se.2H3P/c1-4(2)3;;/h(H2,1,2,3);2*1H3. The van der Waals surface area contributed by atoms with E-state index in [-0.39, 0.29) is 19.8 Å². The second kappa shape index (κ2) is 9.44. The third-order valence-corrected chi connectivity index (χ3v) is 0. The second-order valence-corrected chi connectivity index (χ2v) is 1.06. The molecular weight excluding hydrogens is 189 g/mol. The van der Waals surface area contributed by atoms with Gasteiger partial charge in [0.25, 0.3) is 0 Å². The summed E-state index contributed by atoms with van der Waals surface area (Å²) in [7, 11) is 0. The van der Waals surface area contributed by atoms with Crippen molar-refractivity contribution < 1.29 is 12.2 Å². The van der Waals surface area contributed by atoms with Gasteiger partial charge in [-0.15, -0.1) is 0 Å². The van der Waals surface area contributed by atoms with Crippen LogP contribution in [0.4, 0.5) is 0 Å². The summed E-state index contributed by atoms with van der Waals surface area (Å²) in [6.45, 7) is 0. The summed E-state index contributed by atoms with van der Waals surface area (Å²) in [4.78, 5) is 0. The fourth-order valence-corrected chi connectivity index (χ4v) is 0. The molecule has 0 spiro atoms.